The van der Waals surface area contributed by atoms with Gasteiger partial charge in [0.2, 0.25) is 0 Å². The molecule has 0 radical (unpaired) electrons. The number of esters is 2. The fourth-order valence-corrected chi connectivity index (χ4v) is 7.34. The summed E-state index contributed by atoms with van der Waals surface area (Å²) in [4.78, 5) is 24.4. The smallest absolute Gasteiger partial charge is 0.344 e. The van der Waals surface area contributed by atoms with E-state index >= 15 is 0 Å². The highest BCUT2D eigenvalue weighted by Gasteiger charge is 2.65. The minimum absolute atomic E-state index is 0.291. The third-order valence-electron chi connectivity index (χ3n) is 7.98. The Labute approximate surface area is 163 Å². The van der Waals surface area contributed by atoms with E-state index in [0.717, 1.165) is 5.92 Å². The summed E-state index contributed by atoms with van der Waals surface area (Å²) in [5.41, 5.74) is 0.434. The van der Waals surface area contributed by atoms with Crippen molar-refractivity contribution in [3.8, 4) is 0 Å². The van der Waals surface area contributed by atoms with Crippen LogP contribution in [0.2, 0.25) is 0 Å². The molecule has 2 unspecified atom stereocenters. The van der Waals surface area contributed by atoms with E-state index in [-0.39, 0.29) is 18.2 Å². The summed E-state index contributed by atoms with van der Waals surface area (Å²) in [6.45, 7) is 7.32. The molecule has 0 aliphatic heterocycles. The molecule has 5 rings (SSSR count). The van der Waals surface area contributed by atoms with E-state index in [2.05, 4.69) is 13.5 Å². The topological polar surface area (TPSA) is 52.6 Å². The van der Waals surface area contributed by atoms with Gasteiger partial charge in [-0.15, -0.1) is 0 Å². The second-order valence-corrected chi connectivity index (χ2v) is 10.2. The molecule has 4 heteroatoms. The molecule has 0 amide bonds. The molecule has 0 heterocycles. The minimum atomic E-state index is -0.517. The molecule has 0 aromatic heterocycles. The maximum atomic E-state index is 12.8. The average Bonchev–Trinajstić information content (AvgIpc) is 2.62. The highest BCUT2D eigenvalue weighted by atomic mass is 16.6. The standard InChI is InChI=1S/C23H34O4/c1-15(2)21(25)26-14-20(24)27-23(17-7-5-4-6-8-17)18-9-16-10-19(23)13-22(3,11-16)12-18/h16-19H,1,4-14H2,2-3H3. The summed E-state index contributed by atoms with van der Waals surface area (Å²) < 4.78 is 11.5. The van der Waals surface area contributed by atoms with Gasteiger partial charge in [-0.25, -0.2) is 9.59 Å². The quantitative estimate of drug-likeness (QED) is 0.512. The van der Waals surface area contributed by atoms with Crippen LogP contribution in [0.3, 0.4) is 0 Å². The predicted octanol–water partition coefficient (Wildman–Crippen LogP) is 4.81. The summed E-state index contributed by atoms with van der Waals surface area (Å²) in [7, 11) is 0. The van der Waals surface area contributed by atoms with Crippen LogP contribution in [0.5, 0.6) is 0 Å². The SMILES string of the molecule is C=C(C)C(=O)OCC(=O)OC1(C2CCCCC2)C2CC3CC1CC(C)(C3)C2. The van der Waals surface area contributed by atoms with Crippen molar-refractivity contribution in [3.63, 3.8) is 0 Å². The summed E-state index contributed by atoms with van der Waals surface area (Å²) in [6, 6.07) is 0. The lowest BCUT2D eigenvalue weighted by Gasteiger charge is -2.66. The molecule has 2 atom stereocenters. The van der Waals surface area contributed by atoms with Crippen molar-refractivity contribution in [1.29, 1.82) is 0 Å². The van der Waals surface area contributed by atoms with Gasteiger partial charge < -0.3 is 9.47 Å². The van der Waals surface area contributed by atoms with Crippen LogP contribution >= 0.6 is 0 Å². The normalized spacial score (nSPS) is 40.6. The van der Waals surface area contributed by atoms with E-state index in [4.69, 9.17) is 9.47 Å². The number of ether oxygens (including phenoxy) is 2. The highest BCUT2D eigenvalue weighted by Crippen LogP contribution is 2.67. The lowest BCUT2D eigenvalue weighted by atomic mass is 9.42. The van der Waals surface area contributed by atoms with Crippen LogP contribution in [0.15, 0.2) is 12.2 Å². The second kappa shape index (κ2) is 6.93. The van der Waals surface area contributed by atoms with Gasteiger partial charge in [0.05, 0.1) is 0 Å². The van der Waals surface area contributed by atoms with E-state index in [9.17, 15) is 9.59 Å². The number of carbonyl (C=O) groups excluding carboxylic acids is 2. The van der Waals surface area contributed by atoms with Gasteiger partial charge in [0.15, 0.2) is 6.61 Å². The number of carbonyl (C=O) groups is 2. The van der Waals surface area contributed by atoms with Gasteiger partial charge in [0, 0.05) is 17.4 Å². The lowest BCUT2D eigenvalue weighted by molar-refractivity contribution is -0.247. The van der Waals surface area contributed by atoms with Crippen molar-refractivity contribution < 1.29 is 19.1 Å². The Bertz CT molecular complexity index is 614. The molecule has 5 aliphatic carbocycles. The number of rotatable bonds is 5. The van der Waals surface area contributed by atoms with E-state index in [0.29, 0.717) is 28.7 Å². The van der Waals surface area contributed by atoms with Crippen molar-refractivity contribution >= 4 is 11.9 Å². The molecule has 0 aromatic rings. The van der Waals surface area contributed by atoms with Crippen molar-refractivity contribution in [1.82, 2.24) is 0 Å². The monoisotopic (exact) mass is 374 g/mol. The van der Waals surface area contributed by atoms with Gasteiger partial charge in [-0.1, -0.05) is 32.8 Å². The van der Waals surface area contributed by atoms with Gasteiger partial charge in [-0.05, 0) is 69.1 Å². The van der Waals surface area contributed by atoms with Gasteiger partial charge in [0.1, 0.15) is 5.60 Å². The Hall–Kier alpha value is -1.32. The van der Waals surface area contributed by atoms with Gasteiger partial charge in [-0.3, -0.25) is 0 Å². The maximum Gasteiger partial charge on any atom is 0.344 e. The molecule has 0 aromatic carbocycles. The number of hydrogen-bond acceptors (Lipinski definition) is 4. The largest absolute Gasteiger partial charge is 0.456 e. The molecular weight excluding hydrogens is 340 g/mol. The summed E-state index contributed by atoms with van der Waals surface area (Å²) in [6.07, 6.45) is 12.3. The molecule has 0 N–H and O–H groups in total. The third-order valence-corrected chi connectivity index (χ3v) is 7.98. The van der Waals surface area contributed by atoms with E-state index in [1.807, 2.05) is 0 Å². The molecule has 4 nitrogen and oxygen atoms in total. The average molecular weight is 375 g/mol. The van der Waals surface area contributed by atoms with Crippen molar-refractivity contribution in [2.75, 3.05) is 6.61 Å². The molecule has 27 heavy (non-hydrogen) atoms. The second-order valence-electron chi connectivity index (χ2n) is 10.2. The first kappa shape index (κ1) is 19.0. The Morgan fingerprint density at radius 3 is 2.19 bits per heavy atom. The molecule has 4 bridgehead atoms. The molecule has 5 aliphatic rings. The molecule has 150 valence electrons. The summed E-state index contributed by atoms with van der Waals surface area (Å²) in [5, 5.41) is 0. The molecule has 5 saturated carbocycles. The highest BCUT2D eigenvalue weighted by molar-refractivity contribution is 5.88. The van der Waals surface area contributed by atoms with E-state index in [1.54, 1.807) is 6.92 Å². The van der Waals surface area contributed by atoms with Crippen LogP contribution in [-0.2, 0) is 19.1 Å². The van der Waals surface area contributed by atoms with Gasteiger partial charge in [-0.2, -0.15) is 0 Å². The Kier molecular flexibility index (Phi) is 4.88. The van der Waals surface area contributed by atoms with Crippen molar-refractivity contribution in [3.05, 3.63) is 12.2 Å². The third kappa shape index (κ3) is 3.34. The minimum Gasteiger partial charge on any atom is -0.456 e. The van der Waals surface area contributed by atoms with Crippen molar-refractivity contribution in [2.45, 2.75) is 83.7 Å². The Balaban J connectivity index is 1.56. The van der Waals surface area contributed by atoms with Crippen LogP contribution in [0.1, 0.15) is 78.1 Å². The molecule has 0 saturated heterocycles. The zero-order valence-corrected chi connectivity index (χ0v) is 16.9. The van der Waals surface area contributed by atoms with Crippen LogP contribution in [0.4, 0.5) is 0 Å². The molecular formula is C23H34O4. The summed E-state index contributed by atoms with van der Waals surface area (Å²) >= 11 is 0. The lowest BCUT2D eigenvalue weighted by Crippen LogP contribution is -2.65. The molecule has 0 spiro atoms. The fraction of sp³-hybridized carbons (Fsp3) is 0.826. The zero-order chi connectivity index (χ0) is 19.2. The van der Waals surface area contributed by atoms with Crippen LogP contribution in [0, 0.1) is 29.1 Å². The van der Waals surface area contributed by atoms with Gasteiger partial charge >= 0.3 is 11.9 Å². The Morgan fingerprint density at radius 2 is 1.63 bits per heavy atom. The first-order valence-electron chi connectivity index (χ1n) is 10.9. The van der Waals surface area contributed by atoms with Crippen LogP contribution in [-0.4, -0.2) is 24.1 Å². The molecule has 5 fully saturated rings. The first-order valence-corrected chi connectivity index (χ1v) is 10.9. The van der Waals surface area contributed by atoms with E-state index in [1.165, 1.54) is 64.2 Å². The van der Waals surface area contributed by atoms with E-state index < -0.39 is 5.97 Å². The summed E-state index contributed by atoms with van der Waals surface area (Å²) in [5.74, 6) is 1.37. The number of hydrogen-bond donors (Lipinski definition) is 0. The van der Waals surface area contributed by atoms with Gasteiger partial charge in [0.25, 0.3) is 0 Å². The first-order chi connectivity index (χ1) is 12.8. The zero-order valence-electron chi connectivity index (χ0n) is 16.9. The van der Waals surface area contributed by atoms with Crippen molar-refractivity contribution in [2.24, 2.45) is 29.1 Å². The maximum absolute atomic E-state index is 12.8. The fourth-order valence-electron chi connectivity index (χ4n) is 7.34. The van der Waals surface area contributed by atoms with Crippen LogP contribution in [0.25, 0.3) is 0 Å². The predicted molar refractivity (Wildman–Crippen MR) is 103 cm³/mol. The van der Waals surface area contributed by atoms with Crippen LogP contribution < -0.4 is 0 Å². The Morgan fingerprint density at radius 1 is 1.00 bits per heavy atom.